The molecule has 1 aromatic carbocycles. The van der Waals surface area contributed by atoms with Crippen LogP contribution >= 0.6 is 0 Å². The predicted molar refractivity (Wildman–Crippen MR) is 75.2 cm³/mol. The van der Waals surface area contributed by atoms with Crippen LogP contribution in [0.4, 0.5) is 10.1 Å². The Hall–Kier alpha value is -2.14. The van der Waals surface area contributed by atoms with E-state index in [-0.39, 0.29) is 11.7 Å². The molecule has 20 heavy (non-hydrogen) atoms. The Labute approximate surface area is 117 Å². The second-order valence-electron chi connectivity index (χ2n) is 4.51. The number of hydrogen-bond acceptors (Lipinski definition) is 3. The molecule has 2 N–H and O–H groups in total. The average molecular weight is 276 g/mol. The quantitative estimate of drug-likeness (QED) is 0.913. The molecule has 0 aliphatic heterocycles. The molecule has 1 aromatic heterocycles. The van der Waals surface area contributed by atoms with Gasteiger partial charge in [-0.1, -0.05) is 0 Å². The van der Waals surface area contributed by atoms with Crippen LogP contribution in [0.1, 0.15) is 22.5 Å². The fraction of sp³-hybridized carbons (Fsp3) is 0.267. The molecule has 5 heteroatoms. The van der Waals surface area contributed by atoms with E-state index in [9.17, 15) is 9.18 Å². The highest BCUT2D eigenvalue weighted by Crippen LogP contribution is 2.20. The van der Waals surface area contributed by atoms with Gasteiger partial charge in [-0.25, -0.2) is 4.39 Å². The van der Waals surface area contributed by atoms with Crippen molar-refractivity contribution >= 4 is 11.6 Å². The van der Waals surface area contributed by atoms with Gasteiger partial charge < -0.3 is 15.1 Å². The van der Waals surface area contributed by atoms with Gasteiger partial charge in [0.1, 0.15) is 5.82 Å². The van der Waals surface area contributed by atoms with Crippen molar-refractivity contribution < 1.29 is 13.6 Å². The van der Waals surface area contributed by atoms with Crippen molar-refractivity contribution in [2.24, 2.45) is 5.73 Å². The molecule has 1 heterocycles. The highest BCUT2D eigenvalue weighted by atomic mass is 19.1. The van der Waals surface area contributed by atoms with Crippen LogP contribution in [0.25, 0.3) is 0 Å². The fourth-order valence-electron chi connectivity index (χ4n) is 1.93. The lowest BCUT2D eigenvalue weighted by Crippen LogP contribution is -2.33. The first kappa shape index (κ1) is 14.3. The smallest absolute Gasteiger partial charge is 0.294 e. The van der Waals surface area contributed by atoms with Gasteiger partial charge in [0.2, 0.25) is 0 Å². The number of aryl methyl sites for hydroxylation is 1. The Morgan fingerprint density at radius 2 is 2.00 bits per heavy atom. The third-order valence-electron chi connectivity index (χ3n) is 3.03. The minimum atomic E-state index is -0.339. The lowest BCUT2D eigenvalue weighted by molar-refractivity contribution is 0.0959. The van der Waals surface area contributed by atoms with Crippen molar-refractivity contribution in [1.82, 2.24) is 0 Å². The van der Waals surface area contributed by atoms with Crippen LogP contribution in [0.15, 0.2) is 41.0 Å². The zero-order valence-corrected chi connectivity index (χ0v) is 11.3. The fourth-order valence-corrected chi connectivity index (χ4v) is 1.93. The largest absolute Gasteiger partial charge is 0.459 e. The molecular weight excluding hydrogens is 259 g/mol. The van der Waals surface area contributed by atoms with E-state index in [0.29, 0.717) is 31.0 Å². The first-order chi connectivity index (χ1) is 9.63. The van der Waals surface area contributed by atoms with Gasteiger partial charge in [-0.2, -0.15) is 0 Å². The number of amides is 1. The van der Waals surface area contributed by atoms with Crippen molar-refractivity contribution in [2.45, 2.75) is 13.3 Å². The molecule has 0 spiro atoms. The molecule has 0 atom stereocenters. The Kier molecular flexibility index (Phi) is 4.53. The van der Waals surface area contributed by atoms with E-state index in [2.05, 4.69) is 0 Å². The molecule has 0 unspecified atom stereocenters. The Morgan fingerprint density at radius 3 is 2.55 bits per heavy atom. The number of nitrogens with zero attached hydrogens (tertiary/aromatic N) is 1. The Bertz CT molecular complexity index is 578. The highest BCUT2D eigenvalue weighted by molar-refractivity contribution is 6.05. The molecule has 4 nitrogen and oxygen atoms in total. The van der Waals surface area contributed by atoms with Crippen LogP contribution in [-0.4, -0.2) is 19.0 Å². The van der Waals surface area contributed by atoms with Crippen LogP contribution in [0.2, 0.25) is 0 Å². The summed E-state index contributed by atoms with van der Waals surface area (Å²) in [5.74, 6) is -0.284. The number of hydrogen-bond donors (Lipinski definition) is 1. The lowest BCUT2D eigenvalue weighted by Gasteiger charge is -2.22. The number of nitrogens with two attached hydrogens (primary N) is 1. The van der Waals surface area contributed by atoms with Gasteiger partial charge in [-0.15, -0.1) is 0 Å². The van der Waals surface area contributed by atoms with E-state index < -0.39 is 0 Å². The van der Waals surface area contributed by atoms with Gasteiger partial charge in [0.15, 0.2) is 5.76 Å². The molecule has 0 fully saturated rings. The van der Waals surface area contributed by atoms with Crippen molar-refractivity contribution in [2.75, 3.05) is 18.0 Å². The number of anilines is 1. The van der Waals surface area contributed by atoms with E-state index in [4.69, 9.17) is 10.2 Å². The van der Waals surface area contributed by atoms with Gasteiger partial charge >= 0.3 is 0 Å². The summed E-state index contributed by atoms with van der Waals surface area (Å²) in [6, 6.07) is 7.53. The van der Waals surface area contributed by atoms with Crippen molar-refractivity contribution in [1.29, 1.82) is 0 Å². The van der Waals surface area contributed by atoms with Crippen molar-refractivity contribution in [3.05, 3.63) is 53.7 Å². The Balaban J connectivity index is 2.30. The van der Waals surface area contributed by atoms with E-state index in [1.807, 2.05) is 6.92 Å². The SMILES string of the molecule is Cc1ccoc1C(=O)N(CCCN)c1ccc(F)cc1. The molecule has 1 amide bonds. The summed E-state index contributed by atoms with van der Waals surface area (Å²) >= 11 is 0. The summed E-state index contributed by atoms with van der Waals surface area (Å²) in [5, 5.41) is 0. The summed E-state index contributed by atoms with van der Waals surface area (Å²) in [5.41, 5.74) is 6.90. The van der Waals surface area contributed by atoms with Gasteiger partial charge in [0, 0.05) is 17.8 Å². The Morgan fingerprint density at radius 1 is 1.30 bits per heavy atom. The maximum Gasteiger partial charge on any atom is 0.294 e. The first-order valence-corrected chi connectivity index (χ1v) is 6.45. The van der Waals surface area contributed by atoms with Gasteiger partial charge in [0.25, 0.3) is 5.91 Å². The van der Waals surface area contributed by atoms with Crippen LogP contribution in [0.5, 0.6) is 0 Å². The third kappa shape index (κ3) is 3.05. The molecule has 0 aliphatic rings. The highest BCUT2D eigenvalue weighted by Gasteiger charge is 2.21. The maximum atomic E-state index is 13.0. The lowest BCUT2D eigenvalue weighted by atomic mass is 10.2. The molecule has 106 valence electrons. The molecule has 0 radical (unpaired) electrons. The third-order valence-corrected chi connectivity index (χ3v) is 3.03. The van der Waals surface area contributed by atoms with Crippen LogP contribution in [-0.2, 0) is 0 Å². The molecule has 0 saturated carbocycles. The summed E-state index contributed by atoms with van der Waals surface area (Å²) in [7, 11) is 0. The van der Waals surface area contributed by atoms with Crippen LogP contribution < -0.4 is 10.6 Å². The minimum absolute atomic E-state index is 0.243. The van der Waals surface area contributed by atoms with E-state index in [0.717, 1.165) is 5.56 Å². The molecular formula is C15H17FN2O2. The standard InChI is InChI=1S/C15H17FN2O2/c1-11-7-10-20-14(11)15(19)18(9-2-8-17)13-5-3-12(16)4-6-13/h3-7,10H,2,8-9,17H2,1H3. The number of carbonyl (C=O) groups excluding carboxylic acids is 1. The summed E-state index contributed by atoms with van der Waals surface area (Å²) in [6.45, 7) is 2.74. The van der Waals surface area contributed by atoms with E-state index >= 15 is 0 Å². The number of benzene rings is 1. The van der Waals surface area contributed by atoms with Crippen LogP contribution in [0, 0.1) is 12.7 Å². The second-order valence-corrected chi connectivity index (χ2v) is 4.51. The number of furan rings is 1. The summed E-state index contributed by atoms with van der Waals surface area (Å²) in [6.07, 6.45) is 2.14. The zero-order chi connectivity index (χ0) is 14.5. The number of halogens is 1. The predicted octanol–water partition coefficient (Wildman–Crippen LogP) is 2.72. The summed E-state index contributed by atoms with van der Waals surface area (Å²) < 4.78 is 18.2. The molecule has 2 rings (SSSR count). The van der Waals surface area contributed by atoms with Gasteiger partial charge in [-0.05, 0) is 50.2 Å². The molecule has 0 bridgehead atoms. The maximum absolute atomic E-state index is 13.0. The molecule has 2 aromatic rings. The van der Waals surface area contributed by atoms with E-state index in [1.165, 1.54) is 18.4 Å². The number of carbonyl (C=O) groups is 1. The zero-order valence-electron chi connectivity index (χ0n) is 11.3. The monoisotopic (exact) mass is 276 g/mol. The average Bonchev–Trinajstić information content (AvgIpc) is 2.87. The topological polar surface area (TPSA) is 59.5 Å². The summed E-state index contributed by atoms with van der Waals surface area (Å²) in [4.78, 5) is 14.1. The second kappa shape index (κ2) is 6.34. The first-order valence-electron chi connectivity index (χ1n) is 6.45. The van der Waals surface area contributed by atoms with Crippen molar-refractivity contribution in [3.8, 4) is 0 Å². The van der Waals surface area contributed by atoms with Crippen molar-refractivity contribution in [3.63, 3.8) is 0 Å². The molecule has 0 saturated heterocycles. The number of rotatable bonds is 5. The van der Waals surface area contributed by atoms with Gasteiger partial charge in [0.05, 0.1) is 6.26 Å². The normalized spacial score (nSPS) is 10.6. The molecule has 0 aliphatic carbocycles. The van der Waals surface area contributed by atoms with E-state index in [1.54, 1.807) is 23.1 Å². The minimum Gasteiger partial charge on any atom is -0.459 e. The van der Waals surface area contributed by atoms with Crippen LogP contribution in [0.3, 0.4) is 0 Å². The van der Waals surface area contributed by atoms with Gasteiger partial charge in [-0.3, -0.25) is 4.79 Å².